The second-order valence-electron chi connectivity index (χ2n) is 8.35. The lowest BCUT2D eigenvalue weighted by Gasteiger charge is -2.29. The van der Waals surface area contributed by atoms with E-state index in [0.717, 1.165) is 11.1 Å². The Morgan fingerprint density at radius 3 is 2.74 bits per heavy atom. The number of rotatable bonds is 4. The van der Waals surface area contributed by atoms with Gasteiger partial charge in [0, 0.05) is 47.9 Å². The van der Waals surface area contributed by atoms with Crippen molar-refractivity contribution in [2.75, 3.05) is 13.8 Å². The Bertz CT molecular complexity index is 1690. The first-order valence-corrected chi connectivity index (χ1v) is 11.1. The van der Waals surface area contributed by atoms with E-state index in [2.05, 4.69) is 9.88 Å². The predicted octanol–water partition coefficient (Wildman–Crippen LogP) is 4.32. The lowest BCUT2D eigenvalue weighted by atomic mass is 9.99. The topological polar surface area (TPSA) is 95.0 Å². The molecule has 174 valence electrons. The highest BCUT2D eigenvalue weighted by molar-refractivity contribution is 5.97. The van der Waals surface area contributed by atoms with Gasteiger partial charge < -0.3 is 18.3 Å². The first-order valence-electron chi connectivity index (χ1n) is 11.1. The van der Waals surface area contributed by atoms with Crippen LogP contribution in [0.1, 0.15) is 11.1 Å². The van der Waals surface area contributed by atoms with Crippen molar-refractivity contribution < 1.29 is 18.3 Å². The van der Waals surface area contributed by atoms with Crippen molar-refractivity contribution in [3.05, 3.63) is 99.0 Å². The van der Waals surface area contributed by atoms with Crippen LogP contribution in [-0.4, -0.2) is 23.7 Å². The van der Waals surface area contributed by atoms with Gasteiger partial charge in [0.25, 0.3) is 0 Å². The van der Waals surface area contributed by atoms with E-state index in [-0.39, 0.29) is 5.56 Å². The van der Waals surface area contributed by atoms with Gasteiger partial charge in [-0.2, -0.15) is 0 Å². The van der Waals surface area contributed by atoms with Crippen LogP contribution in [0.15, 0.2) is 85.4 Å². The Morgan fingerprint density at radius 2 is 1.91 bits per heavy atom. The van der Waals surface area contributed by atoms with Crippen LogP contribution in [0.5, 0.6) is 11.5 Å². The zero-order chi connectivity index (χ0) is 23.9. The average molecular weight is 468 g/mol. The van der Waals surface area contributed by atoms with Crippen LogP contribution in [0.3, 0.4) is 0 Å². The second kappa shape index (κ2) is 8.41. The van der Waals surface area contributed by atoms with E-state index < -0.39 is 11.3 Å². The number of aromatic nitrogens is 1. The predicted molar refractivity (Wildman–Crippen MR) is 129 cm³/mol. The first kappa shape index (κ1) is 21.1. The van der Waals surface area contributed by atoms with Crippen molar-refractivity contribution in [2.24, 2.45) is 0 Å². The van der Waals surface area contributed by atoms with Crippen LogP contribution in [0.25, 0.3) is 33.1 Å². The molecule has 8 heteroatoms. The van der Waals surface area contributed by atoms with Gasteiger partial charge in [0.2, 0.25) is 0 Å². The van der Waals surface area contributed by atoms with Gasteiger partial charge in [-0.25, -0.2) is 9.59 Å². The van der Waals surface area contributed by atoms with Crippen LogP contribution in [0, 0.1) is 0 Å². The van der Waals surface area contributed by atoms with Crippen molar-refractivity contribution in [2.45, 2.75) is 13.1 Å². The summed E-state index contributed by atoms with van der Waals surface area (Å²) >= 11 is 0. The average Bonchev–Trinajstić information content (AvgIpc) is 2.88. The van der Waals surface area contributed by atoms with E-state index in [9.17, 15) is 9.59 Å². The van der Waals surface area contributed by atoms with E-state index in [4.69, 9.17) is 18.3 Å². The third kappa shape index (κ3) is 3.74. The lowest BCUT2D eigenvalue weighted by Crippen LogP contribution is -2.31. The van der Waals surface area contributed by atoms with Gasteiger partial charge in [-0.3, -0.25) is 9.88 Å². The Kier molecular flexibility index (Phi) is 5.08. The minimum absolute atomic E-state index is 0.271. The third-order valence-corrected chi connectivity index (χ3v) is 6.12. The molecule has 0 aliphatic carbocycles. The maximum atomic E-state index is 13.0. The first-order chi connectivity index (χ1) is 17.1. The molecule has 0 amide bonds. The Labute approximate surface area is 199 Å². The molecule has 8 nitrogen and oxygen atoms in total. The van der Waals surface area contributed by atoms with E-state index in [1.807, 2.05) is 36.5 Å². The number of hydrogen-bond acceptors (Lipinski definition) is 8. The summed E-state index contributed by atoms with van der Waals surface area (Å²) < 4.78 is 22.5. The standard InChI is InChI=1S/C27H20N2O6/c1-32-23-6-2-5-17-10-20(27(31)35-25(17)23)19-11-24(30)34-26-18(19)7-8-22-21(26)14-29(15-33-22)13-16-4-3-9-28-12-16/h2-12H,13-15H2,1H3. The van der Waals surface area contributed by atoms with Gasteiger partial charge in [0.05, 0.1) is 18.2 Å². The quantitative estimate of drug-likeness (QED) is 0.360. The molecule has 5 aromatic rings. The van der Waals surface area contributed by atoms with Crippen molar-refractivity contribution in [3.8, 4) is 22.6 Å². The molecule has 0 saturated heterocycles. The summed E-state index contributed by atoms with van der Waals surface area (Å²) in [5.41, 5.74) is 2.14. The zero-order valence-corrected chi connectivity index (χ0v) is 18.8. The van der Waals surface area contributed by atoms with Crippen molar-refractivity contribution in [3.63, 3.8) is 0 Å². The fourth-order valence-electron chi connectivity index (χ4n) is 4.52. The Balaban J connectivity index is 1.49. The number of nitrogens with zero attached hydrogens (tertiary/aromatic N) is 2. The molecule has 3 aromatic heterocycles. The molecule has 35 heavy (non-hydrogen) atoms. The molecule has 0 bridgehead atoms. The van der Waals surface area contributed by atoms with Crippen LogP contribution in [0.4, 0.5) is 0 Å². The van der Waals surface area contributed by atoms with E-state index in [0.29, 0.717) is 58.8 Å². The van der Waals surface area contributed by atoms with Gasteiger partial charge in [0.1, 0.15) is 18.1 Å². The summed E-state index contributed by atoms with van der Waals surface area (Å²) in [4.78, 5) is 31.9. The summed E-state index contributed by atoms with van der Waals surface area (Å²) in [6, 6.07) is 15.9. The normalized spacial score (nSPS) is 13.5. The van der Waals surface area contributed by atoms with Gasteiger partial charge in [0.15, 0.2) is 11.3 Å². The Morgan fingerprint density at radius 1 is 1.00 bits per heavy atom. The number of para-hydroxylation sites is 1. The number of benzene rings is 2. The van der Waals surface area contributed by atoms with E-state index >= 15 is 0 Å². The second-order valence-corrected chi connectivity index (χ2v) is 8.35. The Hall–Kier alpha value is -4.43. The molecule has 0 N–H and O–H groups in total. The van der Waals surface area contributed by atoms with Crippen LogP contribution >= 0.6 is 0 Å². The van der Waals surface area contributed by atoms with Crippen molar-refractivity contribution >= 4 is 21.9 Å². The highest BCUT2D eigenvalue weighted by Gasteiger charge is 2.24. The van der Waals surface area contributed by atoms with Gasteiger partial charge >= 0.3 is 11.3 Å². The fourth-order valence-corrected chi connectivity index (χ4v) is 4.52. The SMILES string of the molecule is COc1cccc2cc(-c3cc(=O)oc4c5c(ccc34)OCN(Cc3cccnc3)C5)c(=O)oc12. The van der Waals surface area contributed by atoms with Crippen LogP contribution < -0.4 is 20.7 Å². The molecular weight excluding hydrogens is 448 g/mol. The van der Waals surface area contributed by atoms with Crippen LogP contribution in [-0.2, 0) is 13.1 Å². The minimum Gasteiger partial charge on any atom is -0.493 e. The summed E-state index contributed by atoms with van der Waals surface area (Å²) in [5, 5.41) is 1.31. The minimum atomic E-state index is -0.568. The molecule has 0 spiro atoms. The van der Waals surface area contributed by atoms with E-state index in [1.165, 1.54) is 13.2 Å². The van der Waals surface area contributed by atoms with Gasteiger partial charge in [-0.1, -0.05) is 18.2 Å². The number of hydrogen-bond donors (Lipinski definition) is 0. The van der Waals surface area contributed by atoms with Crippen LogP contribution in [0.2, 0.25) is 0 Å². The number of methoxy groups -OCH3 is 1. The molecule has 0 radical (unpaired) electrons. The number of ether oxygens (including phenoxy) is 2. The highest BCUT2D eigenvalue weighted by Crippen LogP contribution is 2.36. The monoisotopic (exact) mass is 468 g/mol. The van der Waals surface area contributed by atoms with Crippen molar-refractivity contribution in [1.29, 1.82) is 0 Å². The molecule has 0 unspecified atom stereocenters. The molecule has 0 saturated carbocycles. The lowest BCUT2D eigenvalue weighted by molar-refractivity contribution is 0.0889. The van der Waals surface area contributed by atoms with Crippen molar-refractivity contribution in [1.82, 2.24) is 9.88 Å². The fraction of sp³-hybridized carbons (Fsp3) is 0.148. The number of pyridine rings is 1. The smallest absolute Gasteiger partial charge is 0.344 e. The molecule has 6 rings (SSSR count). The molecule has 2 aromatic carbocycles. The highest BCUT2D eigenvalue weighted by atomic mass is 16.5. The van der Waals surface area contributed by atoms with Gasteiger partial charge in [-0.15, -0.1) is 0 Å². The van der Waals surface area contributed by atoms with Gasteiger partial charge in [-0.05, 0) is 35.9 Å². The summed E-state index contributed by atoms with van der Waals surface area (Å²) in [5.74, 6) is 1.11. The summed E-state index contributed by atoms with van der Waals surface area (Å²) in [6.07, 6.45) is 3.54. The molecule has 1 aliphatic heterocycles. The molecule has 1 aliphatic rings. The molecule has 4 heterocycles. The summed E-state index contributed by atoms with van der Waals surface area (Å²) in [6.45, 7) is 1.54. The number of fused-ring (bicyclic) bond motifs is 4. The van der Waals surface area contributed by atoms with E-state index in [1.54, 1.807) is 24.4 Å². The molecule has 0 atom stereocenters. The zero-order valence-electron chi connectivity index (χ0n) is 18.8. The largest absolute Gasteiger partial charge is 0.493 e. The maximum Gasteiger partial charge on any atom is 0.344 e. The third-order valence-electron chi connectivity index (χ3n) is 6.12. The summed E-state index contributed by atoms with van der Waals surface area (Å²) in [7, 11) is 1.52. The molecule has 0 fully saturated rings. The molecular formula is C27H20N2O6. The maximum absolute atomic E-state index is 13.0.